The number of hydrogen-bond acceptors (Lipinski definition) is 7. The molecule has 1 aliphatic rings. The van der Waals surface area contributed by atoms with E-state index in [9.17, 15) is 40.7 Å². The molecule has 0 bridgehead atoms. The van der Waals surface area contributed by atoms with Crippen molar-refractivity contribution in [3.63, 3.8) is 0 Å². The highest BCUT2D eigenvalue weighted by Crippen LogP contribution is 2.46. The van der Waals surface area contributed by atoms with E-state index in [4.69, 9.17) is 10.2 Å². The lowest BCUT2D eigenvalue weighted by Gasteiger charge is -2.30. The Morgan fingerprint density at radius 1 is 1.09 bits per heavy atom. The molecule has 0 aliphatic carbocycles. The van der Waals surface area contributed by atoms with Gasteiger partial charge in [0.2, 0.25) is 11.6 Å². The molecule has 2 aromatic rings. The van der Waals surface area contributed by atoms with Crippen molar-refractivity contribution in [3.05, 3.63) is 69.1 Å². The van der Waals surface area contributed by atoms with Crippen LogP contribution < -0.4 is 11.2 Å². The lowest BCUT2D eigenvalue weighted by molar-refractivity contribution is -0.169. The standard InChI is InChI=1S/C20H13F6NO6/c1-2-31-18(30)13-11(9-7-32-10-6-4-3-5-8(10)14(9)28)12(15(29)19(21,22)23)16(20(24,25)26)33-17(13)27/h3-7,11H,2,27H2,1H3. The number of nitrogens with two attached hydrogens (primary N) is 1. The van der Waals surface area contributed by atoms with Gasteiger partial charge in [-0.05, 0) is 19.1 Å². The molecule has 1 aromatic carbocycles. The number of benzene rings is 1. The average molecular weight is 477 g/mol. The number of ketones is 1. The molecule has 7 nitrogen and oxygen atoms in total. The van der Waals surface area contributed by atoms with Gasteiger partial charge in [0, 0.05) is 5.56 Å². The van der Waals surface area contributed by atoms with E-state index in [-0.39, 0.29) is 17.6 Å². The minimum atomic E-state index is -5.82. The number of fused-ring (bicyclic) bond motifs is 1. The maximum Gasteiger partial charge on any atom is 0.454 e. The van der Waals surface area contributed by atoms with Gasteiger partial charge in [-0.25, -0.2) is 4.79 Å². The zero-order valence-electron chi connectivity index (χ0n) is 16.5. The highest BCUT2D eigenvalue weighted by molar-refractivity contribution is 6.05. The van der Waals surface area contributed by atoms with E-state index in [0.29, 0.717) is 6.26 Å². The normalized spacial score (nSPS) is 17.2. The number of para-hydroxylation sites is 1. The monoisotopic (exact) mass is 477 g/mol. The van der Waals surface area contributed by atoms with Crippen LogP contribution >= 0.6 is 0 Å². The first-order valence-corrected chi connectivity index (χ1v) is 9.06. The zero-order valence-corrected chi connectivity index (χ0v) is 16.5. The third-order valence-electron chi connectivity index (χ3n) is 4.57. The molecule has 2 heterocycles. The number of esters is 1. The summed E-state index contributed by atoms with van der Waals surface area (Å²) in [6, 6.07) is 5.34. The molecule has 0 saturated heterocycles. The van der Waals surface area contributed by atoms with Crippen LogP contribution in [0.25, 0.3) is 11.0 Å². The summed E-state index contributed by atoms with van der Waals surface area (Å²) in [6.07, 6.45) is -10.9. The van der Waals surface area contributed by atoms with Gasteiger partial charge in [-0.2, -0.15) is 26.3 Å². The fourth-order valence-corrected chi connectivity index (χ4v) is 3.27. The number of carbonyl (C=O) groups is 2. The number of ether oxygens (including phenoxy) is 2. The van der Waals surface area contributed by atoms with Gasteiger partial charge in [0.05, 0.1) is 29.7 Å². The zero-order chi connectivity index (χ0) is 24.7. The summed E-state index contributed by atoms with van der Waals surface area (Å²) in [5, 5.41) is -0.226. The highest BCUT2D eigenvalue weighted by atomic mass is 19.4. The van der Waals surface area contributed by atoms with Crippen LogP contribution in [0.2, 0.25) is 0 Å². The molecular weight excluding hydrogens is 464 g/mol. The molecule has 1 aliphatic heterocycles. The lowest BCUT2D eigenvalue weighted by atomic mass is 9.80. The topological polar surface area (TPSA) is 109 Å². The number of halogens is 6. The van der Waals surface area contributed by atoms with E-state index >= 15 is 0 Å². The maximum atomic E-state index is 13.6. The fourth-order valence-electron chi connectivity index (χ4n) is 3.27. The van der Waals surface area contributed by atoms with Crippen molar-refractivity contribution in [2.75, 3.05) is 6.61 Å². The fraction of sp³-hybridized carbons (Fsp3) is 0.250. The van der Waals surface area contributed by atoms with Crippen molar-refractivity contribution in [2.45, 2.75) is 25.2 Å². The summed E-state index contributed by atoms with van der Waals surface area (Å²) in [4.78, 5) is 37.7. The Bertz CT molecular complexity index is 1250. The Kier molecular flexibility index (Phi) is 6.00. The maximum absolute atomic E-state index is 13.6. The van der Waals surface area contributed by atoms with Crippen LogP contribution in [-0.2, 0) is 19.1 Å². The summed E-state index contributed by atoms with van der Waals surface area (Å²) in [6.45, 7) is 0.948. The van der Waals surface area contributed by atoms with E-state index in [1.165, 1.54) is 31.2 Å². The second-order valence-electron chi connectivity index (χ2n) is 6.62. The van der Waals surface area contributed by atoms with Crippen molar-refractivity contribution < 1.29 is 49.8 Å². The minimum Gasteiger partial charge on any atom is -0.464 e. The molecule has 0 spiro atoms. The number of Topliss-reactive ketones (excluding diaryl/α,β-unsaturated/α-hetero) is 1. The predicted molar refractivity (Wildman–Crippen MR) is 98.3 cm³/mol. The first-order chi connectivity index (χ1) is 15.3. The number of carbonyl (C=O) groups excluding carboxylic acids is 2. The summed E-state index contributed by atoms with van der Waals surface area (Å²) in [5.41, 5.74) is 0.314. The molecule has 176 valence electrons. The van der Waals surface area contributed by atoms with Gasteiger partial charge in [-0.15, -0.1) is 0 Å². The summed E-state index contributed by atoms with van der Waals surface area (Å²) < 4.78 is 95.1. The van der Waals surface area contributed by atoms with Gasteiger partial charge < -0.3 is 19.6 Å². The molecule has 3 rings (SSSR count). The van der Waals surface area contributed by atoms with E-state index < -0.39 is 63.8 Å². The Labute approximate surface area is 180 Å². The molecule has 0 radical (unpaired) electrons. The van der Waals surface area contributed by atoms with Gasteiger partial charge in [-0.1, -0.05) is 12.1 Å². The van der Waals surface area contributed by atoms with Crippen molar-refractivity contribution in [1.29, 1.82) is 0 Å². The van der Waals surface area contributed by atoms with Crippen LogP contribution in [0.3, 0.4) is 0 Å². The van der Waals surface area contributed by atoms with Crippen LogP contribution in [0, 0.1) is 0 Å². The van der Waals surface area contributed by atoms with Crippen molar-refractivity contribution in [1.82, 2.24) is 0 Å². The molecule has 1 unspecified atom stereocenters. The SMILES string of the molecule is CCOC(=O)C1=C(N)OC(C(F)(F)F)=C(C(=O)C(F)(F)F)C1c1coc2ccccc2c1=O. The molecule has 0 amide bonds. The number of hydrogen-bond donors (Lipinski definition) is 1. The molecular formula is C20H13F6NO6. The number of alkyl halides is 6. The summed E-state index contributed by atoms with van der Waals surface area (Å²) in [7, 11) is 0. The molecule has 33 heavy (non-hydrogen) atoms. The van der Waals surface area contributed by atoms with Crippen molar-refractivity contribution in [2.24, 2.45) is 5.73 Å². The first-order valence-electron chi connectivity index (χ1n) is 9.06. The predicted octanol–water partition coefficient (Wildman–Crippen LogP) is 3.59. The van der Waals surface area contributed by atoms with Gasteiger partial charge in [0.1, 0.15) is 11.2 Å². The smallest absolute Gasteiger partial charge is 0.454 e. The largest absolute Gasteiger partial charge is 0.464 e. The molecule has 0 saturated carbocycles. The highest BCUT2D eigenvalue weighted by Gasteiger charge is 2.55. The second-order valence-corrected chi connectivity index (χ2v) is 6.62. The van der Waals surface area contributed by atoms with Gasteiger partial charge in [0.15, 0.2) is 5.43 Å². The molecule has 1 aromatic heterocycles. The first kappa shape index (κ1) is 23.9. The molecule has 0 fully saturated rings. The quantitative estimate of drug-likeness (QED) is 0.530. The van der Waals surface area contributed by atoms with Gasteiger partial charge in [-0.3, -0.25) is 9.59 Å². The average Bonchev–Trinajstić information content (AvgIpc) is 2.72. The van der Waals surface area contributed by atoms with Crippen LogP contribution in [0.5, 0.6) is 0 Å². The Hall–Kier alpha value is -3.77. The van der Waals surface area contributed by atoms with Crippen LogP contribution in [-0.4, -0.2) is 30.7 Å². The van der Waals surface area contributed by atoms with E-state index in [2.05, 4.69) is 9.47 Å². The number of rotatable bonds is 4. The third-order valence-corrected chi connectivity index (χ3v) is 4.57. The molecule has 2 N–H and O–H groups in total. The summed E-state index contributed by atoms with van der Waals surface area (Å²) in [5.74, 6) is -10.7. The van der Waals surface area contributed by atoms with E-state index in [1.54, 1.807) is 0 Å². The van der Waals surface area contributed by atoms with Crippen LogP contribution in [0.1, 0.15) is 18.4 Å². The Morgan fingerprint density at radius 3 is 2.30 bits per heavy atom. The van der Waals surface area contributed by atoms with Crippen molar-refractivity contribution in [3.8, 4) is 0 Å². The van der Waals surface area contributed by atoms with Gasteiger partial charge in [0.25, 0.3) is 5.78 Å². The number of allylic oxidation sites excluding steroid dienone is 2. The second kappa shape index (κ2) is 8.30. The van der Waals surface area contributed by atoms with Crippen molar-refractivity contribution >= 4 is 22.7 Å². The Morgan fingerprint density at radius 2 is 1.73 bits per heavy atom. The van der Waals surface area contributed by atoms with E-state index in [0.717, 1.165) is 0 Å². The molecule has 13 heteroatoms. The third kappa shape index (κ3) is 4.30. The minimum absolute atomic E-state index is 0.0448. The lowest BCUT2D eigenvalue weighted by Crippen LogP contribution is -2.39. The van der Waals surface area contributed by atoms with E-state index in [1.807, 2.05) is 0 Å². The van der Waals surface area contributed by atoms with Crippen LogP contribution in [0.15, 0.2) is 62.5 Å². The Balaban J connectivity index is 2.44. The van der Waals surface area contributed by atoms with Gasteiger partial charge >= 0.3 is 18.3 Å². The molecule has 1 atom stereocenters. The van der Waals surface area contributed by atoms with Crippen LogP contribution in [0.4, 0.5) is 26.3 Å². The summed E-state index contributed by atoms with van der Waals surface area (Å²) >= 11 is 0.